The highest BCUT2D eigenvalue weighted by molar-refractivity contribution is 5.32. The number of aromatic nitrogens is 3. The van der Waals surface area contributed by atoms with Crippen molar-refractivity contribution in [2.75, 3.05) is 5.73 Å². The van der Waals surface area contributed by atoms with E-state index in [1.165, 1.54) is 12.1 Å². The lowest BCUT2D eigenvalue weighted by molar-refractivity contribution is 0.586. The molecule has 4 nitrogen and oxygen atoms in total. The van der Waals surface area contributed by atoms with Gasteiger partial charge in [-0.25, -0.2) is 4.39 Å². The van der Waals surface area contributed by atoms with Gasteiger partial charge in [-0.1, -0.05) is 12.1 Å². The molecule has 84 valence electrons. The molecule has 0 fully saturated rings. The van der Waals surface area contributed by atoms with Crippen molar-refractivity contribution in [3.05, 3.63) is 41.5 Å². The molecule has 0 saturated heterocycles. The van der Waals surface area contributed by atoms with E-state index < -0.39 is 0 Å². The fourth-order valence-electron chi connectivity index (χ4n) is 1.56. The van der Waals surface area contributed by atoms with Gasteiger partial charge in [-0.15, -0.1) is 5.10 Å². The summed E-state index contributed by atoms with van der Waals surface area (Å²) in [5.41, 5.74) is 6.04. The lowest BCUT2D eigenvalue weighted by Gasteiger charge is -2.21. The Balaban J connectivity index is 2.42. The SMILES string of the molecule is CC(C)(c1ccc(F)cc1)c1nc(N)n[nH]1. The van der Waals surface area contributed by atoms with Crippen LogP contribution in [0.25, 0.3) is 0 Å². The Morgan fingerprint density at radius 2 is 1.88 bits per heavy atom. The number of nitrogens with two attached hydrogens (primary N) is 1. The second-order valence-electron chi connectivity index (χ2n) is 4.17. The van der Waals surface area contributed by atoms with Gasteiger partial charge < -0.3 is 5.73 Å². The predicted octanol–water partition coefficient (Wildman–Crippen LogP) is 1.85. The topological polar surface area (TPSA) is 67.6 Å². The molecule has 1 aromatic carbocycles. The summed E-state index contributed by atoms with van der Waals surface area (Å²) in [5.74, 6) is 0.624. The fourth-order valence-corrected chi connectivity index (χ4v) is 1.56. The molecule has 0 spiro atoms. The molecule has 16 heavy (non-hydrogen) atoms. The Labute approximate surface area is 92.7 Å². The molecule has 0 unspecified atom stereocenters. The molecule has 0 aliphatic carbocycles. The van der Waals surface area contributed by atoms with E-state index in [2.05, 4.69) is 15.2 Å². The number of nitrogens with one attached hydrogen (secondary N) is 1. The van der Waals surface area contributed by atoms with Crippen LogP contribution in [-0.4, -0.2) is 15.2 Å². The summed E-state index contributed by atoms with van der Waals surface area (Å²) in [6.07, 6.45) is 0. The van der Waals surface area contributed by atoms with E-state index in [0.29, 0.717) is 5.82 Å². The molecular formula is C11H13FN4. The molecule has 2 rings (SSSR count). The Hall–Kier alpha value is -1.91. The van der Waals surface area contributed by atoms with Crippen molar-refractivity contribution in [2.45, 2.75) is 19.3 Å². The van der Waals surface area contributed by atoms with Crippen molar-refractivity contribution in [2.24, 2.45) is 0 Å². The van der Waals surface area contributed by atoms with Crippen LogP contribution in [0.1, 0.15) is 25.2 Å². The van der Waals surface area contributed by atoms with Gasteiger partial charge in [0.2, 0.25) is 5.95 Å². The third-order valence-corrected chi connectivity index (χ3v) is 2.66. The van der Waals surface area contributed by atoms with E-state index in [1.54, 1.807) is 12.1 Å². The number of nitrogen functional groups attached to an aromatic ring is 1. The third-order valence-electron chi connectivity index (χ3n) is 2.66. The molecule has 0 amide bonds. The summed E-state index contributed by atoms with van der Waals surface area (Å²) >= 11 is 0. The second-order valence-corrected chi connectivity index (χ2v) is 4.17. The molecule has 1 heterocycles. The van der Waals surface area contributed by atoms with Crippen LogP contribution in [0.3, 0.4) is 0 Å². The van der Waals surface area contributed by atoms with Crippen LogP contribution >= 0.6 is 0 Å². The second kappa shape index (κ2) is 3.59. The molecule has 0 atom stereocenters. The molecular weight excluding hydrogens is 207 g/mol. The van der Waals surface area contributed by atoms with Crippen molar-refractivity contribution in [3.8, 4) is 0 Å². The third kappa shape index (κ3) is 1.76. The van der Waals surface area contributed by atoms with Crippen LogP contribution in [0.15, 0.2) is 24.3 Å². The predicted molar refractivity (Wildman–Crippen MR) is 59.3 cm³/mol. The molecule has 0 aliphatic rings. The summed E-state index contributed by atoms with van der Waals surface area (Å²) in [6, 6.07) is 6.32. The first-order valence-corrected chi connectivity index (χ1v) is 4.94. The Morgan fingerprint density at radius 3 is 2.38 bits per heavy atom. The Kier molecular flexibility index (Phi) is 2.38. The van der Waals surface area contributed by atoms with E-state index in [0.717, 1.165) is 5.56 Å². The molecule has 0 bridgehead atoms. The number of rotatable bonds is 2. The minimum absolute atomic E-state index is 0.213. The molecule has 0 radical (unpaired) electrons. The molecule has 5 heteroatoms. The van der Waals surface area contributed by atoms with Gasteiger partial charge in [0.15, 0.2) is 0 Å². The largest absolute Gasteiger partial charge is 0.367 e. The van der Waals surface area contributed by atoms with Crippen LogP contribution in [0.2, 0.25) is 0 Å². The van der Waals surface area contributed by atoms with Crippen LogP contribution in [0.4, 0.5) is 10.3 Å². The number of hydrogen-bond acceptors (Lipinski definition) is 3. The molecule has 0 aliphatic heterocycles. The number of halogens is 1. The molecule has 3 N–H and O–H groups in total. The zero-order valence-corrected chi connectivity index (χ0v) is 9.16. The van der Waals surface area contributed by atoms with E-state index in [9.17, 15) is 4.39 Å². The number of aromatic amines is 1. The fraction of sp³-hybridized carbons (Fsp3) is 0.273. The van der Waals surface area contributed by atoms with Crippen molar-refractivity contribution in [1.82, 2.24) is 15.2 Å². The average molecular weight is 220 g/mol. The minimum atomic E-state index is -0.377. The first kappa shape index (κ1) is 10.6. The number of anilines is 1. The highest BCUT2D eigenvalue weighted by atomic mass is 19.1. The van der Waals surface area contributed by atoms with E-state index in [1.807, 2.05) is 13.8 Å². The Bertz CT molecular complexity index is 487. The number of nitrogens with zero attached hydrogens (tertiary/aromatic N) is 2. The first-order chi connectivity index (χ1) is 7.50. The monoisotopic (exact) mass is 220 g/mol. The lowest BCUT2D eigenvalue weighted by Crippen LogP contribution is -2.20. The highest BCUT2D eigenvalue weighted by Gasteiger charge is 2.26. The van der Waals surface area contributed by atoms with E-state index in [-0.39, 0.29) is 17.2 Å². The summed E-state index contributed by atoms with van der Waals surface area (Å²) in [6.45, 7) is 3.94. The zero-order valence-electron chi connectivity index (χ0n) is 9.16. The Morgan fingerprint density at radius 1 is 1.25 bits per heavy atom. The van der Waals surface area contributed by atoms with Gasteiger partial charge in [-0.05, 0) is 31.5 Å². The van der Waals surface area contributed by atoms with Gasteiger partial charge in [0.1, 0.15) is 11.6 Å². The van der Waals surface area contributed by atoms with Crippen molar-refractivity contribution < 1.29 is 4.39 Å². The molecule has 1 aromatic heterocycles. The van der Waals surface area contributed by atoms with Crippen LogP contribution in [0.5, 0.6) is 0 Å². The smallest absolute Gasteiger partial charge is 0.239 e. The van der Waals surface area contributed by atoms with Crippen molar-refractivity contribution in [1.29, 1.82) is 0 Å². The van der Waals surface area contributed by atoms with Gasteiger partial charge in [0, 0.05) is 5.41 Å². The van der Waals surface area contributed by atoms with Gasteiger partial charge in [0.25, 0.3) is 0 Å². The van der Waals surface area contributed by atoms with Gasteiger partial charge in [-0.2, -0.15) is 4.98 Å². The van der Waals surface area contributed by atoms with Gasteiger partial charge in [0.05, 0.1) is 0 Å². The van der Waals surface area contributed by atoms with Gasteiger partial charge in [-0.3, -0.25) is 5.10 Å². The summed E-state index contributed by atoms with van der Waals surface area (Å²) in [5, 5.41) is 6.57. The summed E-state index contributed by atoms with van der Waals surface area (Å²) < 4.78 is 12.8. The number of benzene rings is 1. The highest BCUT2D eigenvalue weighted by Crippen LogP contribution is 2.28. The number of H-pyrrole nitrogens is 1. The van der Waals surface area contributed by atoms with Gasteiger partial charge >= 0.3 is 0 Å². The maximum atomic E-state index is 12.8. The summed E-state index contributed by atoms with van der Waals surface area (Å²) in [4.78, 5) is 4.10. The quantitative estimate of drug-likeness (QED) is 0.811. The maximum absolute atomic E-state index is 12.8. The van der Waals surface area contributed by atoms with Crippen LogP contribution in [-0.2, 0) is 5.41 Å². The van der Waals surface area contributed by atoms with Crippen molar-refractivity contribution >= 4 is 5.95 Å². The zero-order chi connectivity index (χ0) is 11.8. The first-order valence-electron chi connectivity index (χ1n) is 4.94. The lowest BCUT2D eigenvalue weighted by atomic mass is 9.84. The maximum Gasteiger partial charge on any atom is 0.239 e. The molecule has 2 aromatic rings. The van der Waals surface area contributed by atoms with E-state index in [4.69, 9.17) is 5.73 Å². The molecule has 0 saturated carbocycles. The normalized spacial score (nSPS) is 11.7. The van der Waals surface area contributed by atoms with Crippen LogP contribution < -0.4 is 5.73 Å². The van der Waals surface area contributed by atoms with Crippen molar-refractivity contribution in [3.63, 3.8) is 0 Å². The van der Waals surface area contributed by atoms with Crippen LogP contribution in [0, 0.1) is 5.82 Å². The number of hydrogen-bond donors (Lipinski definition) is 2. The summed E-state index contributed by atoms with van der Waals surface area (Å²) in [7, 11) is 0. The minimum Gasteiger partial charge on any atom is -0.367 e. The standard InChI is InChI=1S/C11H13FN4/c1-11(2,9-14-10(13)16-15-9)7-3-5-8(12)6-4-7/h3-6H,1-2H3,(H3,13,14,15,16). The van der Waals surface area contributed by atoms with E-state index >= 15 is 0 Å². The average Bonchev–Trinajstić information content (AvgIpc) is 2.66.